The molecule has 8 nitrogen and oxygen atoms in total. The highest BCUT2D eigenvalue weighted by Crippen LogP contribution is 2.31. The van der Waals surface area contributed by atoms with Crippen LogP contribution < -0.4 is 0 Å². The predicted molar refractivity (Wildman–Crippen MR) is 123 cm³/mol. The molecule has 0 aromatic heterocycles. The topological polar surface area (TPSA) is 105 Å². The van der Waals surface area contributed by atoms with Gasteiger partial charge in [-0.15, -0.1) is 0 Å². The molecule has 34 heavy (non-hydrogen) atoms. The summed E-state index contributed by atoms with van der Waals surface area (Å²) in [6, 6.07) is 15.1. The summed E-state index contributed by atoms with van der Waals surface area (Å²) in [7, 11) is 3.31. The number of ether oxygens (including phenoxy) is 4. The van der Waals surface area contributed by atoms with Crippen LogP contribution in [0.4, 0.5) is 0 Å². The Morgan fingerprint density at radius 2 is 1.41 bits per heavy atom. The highest BCUT2D eigenvalue weighted by Gasteiger charge is 2.38. The second kappa shape index (κ2) is 13.0. The number of esters is 4. The highest BCUT2D eigenvalue weighted by atomic mass is 35.5. The molecule has 0 radical (unpaired) electrons. The van der Waals surface area contributed by atoms with Crippen LogP contribution in [0.2, 0.25) is 5.02 Å². The molecule has 178 valence electrons. The molecule has 0 aliphatic carbocycles. The molecule has 1 atom stereocenters. The van der Waals surface area contributed by atoms with Crippen LogP contribution in [0.3, 0.4) is 0 Å². The molecule has 0 heterocycles. The summed E-state index contributed by atoms with van der Waals surface area (Å²) in [5.74, 6) is -6.84. The van der Waals surface area contributed by atoms with Gasteiger partial charge in [0.25, 0.3) is 0 Å². The molecule has 0 bridgehead atoms. The third-order valence-electron chi connectivity index (χ3n) is 4.66. The van der Waals surface area contributed by atoms with E-state index >= 15 is 0 Å². The van der Waals surface area contributed by atoms with E-state index in [9.17, 15) is 19.2 Å². The minimum atomic E-state index is -1.51. The van der Waals surface area contributed by atoms with E-state index < -0.39 is 41.5 Å². The number of carbonyl (C=O) groups excluding carboxylic acids is 4. The minimum absolute atomic E-state index is 0.405. The van der Waals surface area contributed by atoms with Crippen LogP contribution in [0, 0.1) is 5.92 Å². The van der Waals surface area contributed by atoms with E-state index in [1.807, 2.05) is 6.07 Å². The lowest BCUT2D eigenvalue weighted by Crippen LogP contribution is -2.32. The van der Waals surface area contributed by atoms with E-state index in [2.05, 4.69) is 0 Å². The van der Waals surface area contributed by atoms with Gasteiger partial charge in [0.15, 0.2) is 5.92 Å². The lowest BCUT2D eigenvalue weighted by Gasteiger charge is -2.22. The van der Waals surface area contributed by atoms with Crippen molar-refractivity contribution in [1.82, 2.24) is 0 Å². The standard InChI is InChI=1S/C25H23ClO8/c1-31-23(28)20(34-21(27)14-9-16-7-5-4-6-8-16)15-19(17-10-12-18(26)13-11-17)22(24(29)32-2)25(30)33-3/h4-15,19,22H,1-3H3/b14-9+,20-15-/t19-/m1/s1. The highest BCUT2D eigenvalue weighted by molar-refractivity contribution is 6.30. The van der Waals surface area contributed by atoms with E-state index in [4.69, 9.17) is 30.5 Å². The Morgan fingerprint density at radius 1 is 0.824 bits per heavy atom. The van der Waals surface area contributed by atoms with Crippen LogP contribution in [0.1, 0.15) is 17.0 Å². The van der Waals surface area contributed by atoms with Crippen LogP contribution in [-0.2, 0) is 38.1 Å². The van der Waals surface area contributed by atoms with Crippen molar-refractivity contribution >= 4 is 41.6 Å². The van der Waals surface area contributed by atoms with Crippen molar-refractivity contribution in [2.24, 2.45) is 5.92 Å². The molecule has 0 spiro atoms. The number of benzene rings is 2. The third kappa shape index (κ3) is 7.31. The quantitative estimate of drug-likeness (QED) is 0.174. The molecule has 0 unspecified atom stereocenters. The van der Waals surface area contributed by atoms with Gasteiger partial charge in [-0.1, -0.05) is 54.1 Å². The van der Waals surface area contributed by atoms with Crippen LogP contribution >= 0.6 is 11.6 Å². The zero-order valence-electron chi connectivity index (χ0n) is 18.7. The van der Waals surface area contributed by atoms with Crippen molar-refractivity contribution in [3.05, 3.63) is 88.7 Å². The number of rotatable bonds is 9. The van der Waals surface area contributed by atoms with Gasteiger partial charge in [0, 0.05) is 17.0 Å². The normalized spacial score (nSPS) is 12.2. The average Bonchev–Trinajstić information content (AvgIpc) is 2.86. The molecule has 0 saturated carbocycles. The summed E-state index contributed by atoms with van der Waals surface area (Å²) < 4.78 is 19.5. The number of methoxy groups -OCH3 is 3. The average molecular weight is 487 g/mol. The summed E-state index contributed by atoms with van der Waals surface area (Å²) >= 11 is 5.96. The van der Waals surface area contributed by atoms with Gasteiger partial charge in [-0.3, -0.25) is 9.59 Å². The first kappa shape index (κ1) is 26.3. The first-order chi connectivity index (χ1) is 16.3. The minimum Gasteiger partial charge on any atom is -0.468 e. The zero-order chi connectivity index (χ0) is 25.1. The lowest BCUT2D eigenvalue weighted by molar-refractivity contribution is -0.159. The summed E-state index contributed by atoms with van der Waals surface area (Å²) in [6.45, 7) is 0. The molecular weight excluding hydrogens is 464 g/mol. The summed E-state index contributed by atoms with van der Waals surface area (Å²) in [6.07, 6.45) is 3.77. The van der Waals surface area contributed by atoms with Crippen molar-refractivity contribution in [1.29, 1.82) is 0 Å². The van der Waals surface area contributed by atoms with Crippen LogP contribution in [0.15, 0.2) is 72.5 Å². The summed E-state index contributed by atoms with van der Waals surface area (Å²) in [5.41, 5.74) is 1.14. The number of carbonyl (C=O) groups is 4. The molecule has 0 fully saturated rings. The molecule has 9 heteroatoms. The largest absolute Gasteiger partial charge is 0.468 e. The Kier molecular flexibility index (Phi) is 10.0. The monoisotopic (exact) mass is 486 g/mol. The van der Waals surface area contributed by atoms with Gasteiger partial charge in [-0.05, 0) is 35.4 Å². The van der Waals surface area contributed by atoms with Crippen molar-refractivity contribution in [2.45, 2.75) is 5.92 Å². The van der Waals surface area contributed by atoms with Crippen molar-refractivity contribution in [3.8, 4) is 0 Å². The SMILES string of the molecule is COC(=O)/C(=C/[C@H](c1ccc(Cl)cc1)C(C(=O)OC)C(=O)OC)OC(=O)/C=C/c1ccccc1. The van der Waals surface area contributed by atoms with E-state index in [1.165, 1.54) is 18.2 Å². The first-order valence-electron chi connectivity index (χ1n) is 9.96. The van der Waals surface area contributed by atoms with Gasteiger partial charge in [-0.25, -0.2) is 9.59 Å². The fraction of sp³-hybridized carbons (Fsp3) is 0.200. The number of hydrogen-bond donors (Lipinski definition) is 0. The smallest absolute Gasteiger partial charge is 0.373 e. The molecule has 0 N–H and O–H groups in total. The van der Waals surface area contributed by atoms with E-state index in [-0.39, 0.29) is 0 Å². The maximum absolute atomic E-state index is 12.5. The molecule has 0 aliphatic rings. The molecule has 2 aromatic carbocycles. The molecule has 0 aliphatic heterocycles. The van der Waals surface area contributed by atoms with Crippen molar-refractivity contribution in [3.63, 3.8) is 0 Å². The molecule has 0 saturated heterocycles. The summed E-state index contributed by atoms with van der Waals surface area (Å²) in [4.78, 5) is 49.8. The number of halogens is 1. The van der Waals surface area contributed by atoms with Crippen molar-refractivity contribution < 1.29 is 38.1 Å². The Hall–Kier alpha value is -3.91. The van der Waals surface area contributed by atoms with Crippen LogP contribution in [0.25, 0.3) is 6.08 Å². The summed E-state index contributed by atoms with van der Waals surface area (Å²) in [5, 5.41) is 0.407. The van der Waals surface area contributed by atoms with E-state index in [0.29, 0.717) is 10.6 Å². The molecular formula is C25H23ClO8. The van der Waals surface area contributed by atoms with Gasteiger partial charge in [-0.2, -0.15) is 0 Å². The third-order valence-corrected chi connectivity index (χ3v) is 4.92. The predicted octanol–water partition coefficient (Wildman–Crippen LogP) is 3.70. The van der Waals surface area contributed by atoms with E-state index in [0.717, 1.165) is 39.0 Å². The molecule has 2 aromatic rings. The Labute approximate surface area is 201 Å². The lowest BCUT2D eigenvalue weighted by atomic mass is 9.85. The maximum Gasteiger partial charge on any atom is 0.373 e. The Balaban J connectivity index is 2.50. The van der Waals surface area contributed by atoms with Crippen molar-refractivity contribution in [2.75, 3.05) is 21.3 Å². The second-order valence-corrected chi connectivity index (χ2v) is 7.23. The van der Waals surface area contributed by atoms with Gasteiger partial charge in [0.1, 0.15) is 0 Å². The molecule has 0 amide bonds. The van der Waals surface area contributed by atoms with E-state index in [1.54, 1.807) is 36.4 Å². The van der Waals surface area contributed by atoms with Gasteiger partial charge >= 0.3 is 23.9 Å². The Morgan fingerprint density at radius 3 is 1.94 bits per heavy atom. The number of hydrogen-bond acceptors (Lipinski definition) is 8. The van der Waals surface area contributed by atoms with Gasteiger partial charge in [0.2, 0.25) is 5.76 Å². The zero-order valence-corrected chi connectivity index (χ0v) is 19.5. The number of allylic oxidation sites excluding steroid dienone is 1. The Bertz CT molecular complexity index is 1060. The fourth-order valence-electron chi connectivity index (χ4n) is 2.99. The maximum atomic E-state index is 12.5. The van der Waals surface area contributed by atoms with Gasteiger partial charge in [0.05, 0.1) is 21.3 Å². The van der Waals surface area contributed by atoms with Crippen LogP contribution in [0.5, 0.6) is 0 Å². The second-order valence-electron chi connectivity index (χ2n) is 6.79. The fourth-order valence-corrected chi connectivity index (χ4v) is 3.12. The molecule has 2 rings (SSSR count). The first-order valence-corrected chi connectivity index (χ1v) is 10.3. The van der Waals surface area contributed by atoms with Gasteiger partial charge < -0.3 is 18.9 Å². The van der Waals surface area contributed by atoms with Crippen LogP contribution in [-0.4, -0.2) is 45.2 Å².